The lowest BCUT2D eigenvalue weighted by atomic mass is 10.1. The molecule has 0 bridgehead atoms. The van der Waals surface area contributed by atoms with Crippen molar-refractivity contribution in [3.8, 4) is 22.0 Å². The molecule has 6 nitrogen and oxygen atoms in total. The van der Waals surface area contributed by atoms with Gasteiger partial charge in [0, 0.05) is 30.9 Å². The third-order valence-corrected chi connectivity index (χ3v) is 5.45. The predicted octanol–water partition coefficient (Wildman–Crippen LogP) is 5.02. The van der Waals surface area contributed by atoms with Gasteiger partial charge in [-0.05, 0) is 30.3 Å². The van der Waals surface area contributed by atoms with Gasteiger partial charge in [0.2, 0.25) is 0 Å². The molecule has 7 heteroatoms. The number of furan rings is 1. The summed E-state index contributed by atoms with van der Waals surface area (Å²) in [6.45, 7) is 0. The molecule has 30 heavy (non-hydrogen) atoms. The number of hydrogen-bond acceptors (Lipinski definition) is 5. The van der Waals surface area contributed by atoms with Crippen LogP contribution in [0.25, 0.3) is 22.0 Å². The Hall–Kier alpha value is -3.71. The van der Waals surface area contributed by atoms with Crippen LogP contribution in [0.15, 0.2) is 77.4 Å². The zero-order valence-electron chi connectivity index (χ0n) is 16.5. The van der Waals surface area contributed by atoms with Crippen LogP contribution in [0.5, 0.6) is 0 Å². The van der Waals surface area contributed by atoms with Gasteiger partial charge in [-0.3, -0.25) is 9.59 Å². The lowest BCUT2D eigenvalue weighted by molar-refractivity contribution is 0.0827. The molecule has 0 saturated carbocycles. The average molecular weight is 417 g/mol. The molecule has 0 aliphatic carbocycles. The molecule has 0 atom stereocenters. The maximum absolute atomic E-state index is 13.1. The highest BCUT2D eigenvalue weighted by Gasteiger charge is 2.21. The van der Waals surface area contributed by atoms with Crippen molar-refractivity contribution in [2.45, 2.75) is 0 Å². The molecule has 0 spiro atoms. The van der Waals surface area contributed by atoms with Gasteiger partial charge in [0.05, 0.1) is 12.0 Å². The van der Waals surface area contributed by atoms with Crippen molar-refractivity contribution in [1.82, 2.24) is 9.88 Å². The molecular weight excluding hydrogens is 398 g/mol. The van der Waals surface area contributed by atoms with E-state index in [1.165, 1.54) is 16.2 Å². The van der Waals surface area contributed by atoms with Crippen LogP contribution in [0.4, 0.5) is 5.69 Å². The first-order chi connectivity index (χ1) is 14.5. The van der Waals surface area contributed by atoms with E-state index in [1.54, 1.807) is 50.7 Å². The number of amides is 2. The van der Waals surface area contributed by atoms with Crippen molar-refractivity contribution in [3.05, 3.63) is 83.4 Å². The minimum absolute atomic E-state index is 0.131. The molecule has 1 N–H and O–H groups in total. The first-order valence-corrected chi connectivity index (χ1v) is 10.1. The van der Waals surface area contributed by atoms with Crippen LogP contribution < -0.4 is 5.32 Å². The van der Waals surface area contributed by atoms with Gasteiger partial charge in [0.1, 0.15) is 4.88 Å². The van der Waals surface area contributed by atoms with E-state index in [0.29, 0.717) is 32.6 Å². The Bertz CT molecular complexity index is 1180. The summed E-state index contributed by atoms with van der Waals surface area (Å²) >= 11 is 1.26. The number of rotatable bonds is 5. The molecule has 0 radical (unpaired) electrons. The maximum Gasteiger partial charge on any atom is 0.268 e. The Balaban J connectivity index is 1.69. The third kappa shape index (κ3) is 4.01. The van der Waals surface area contributed by atoms with Crippen molar-refractivity contribution in [2.75, 3.05) is 19.4 Å². The van der Waals surface area contributed by atoms with E-state index < -0.39 is 0 Å². The maximum atomic E-state index is 13.1. The molecule has 4 aromatic rings. The first-order valence-electron chi connectivity index (χ1n) is 9.26. The fraction of sp³-hybridized carbons (Fsp3) is 0.0870. The second-order valence-corrected chi connectivity index (χ2v) is 7.77. The minimum atomic E-state index is -0.293. The minimum Gasteiger partial charge on any atom is -0.462 e. The Morgan fingerprint density at radius 1 is 1.00 bits per heavy atom. The summed E-state index contributed by atoms with van der Waals surface area (Å²) in [5.41, 5.74) is 2.47. The van der Waals surface area contributed by atoms with Crippen LogP contribution in [0.2, 0.25) is 0 Å². The fourth-order valence-corrected chi connectivity index (χ4v) is 3.90. The van der Waals surface area contributed by atoms with Crippen LogP contribution >= 0.6 is 11.3 Å². The van der Waals surface area contributed by atoms with E-state index in [4.69, 9.17) is 4.42 Å². The summed E-state index contributed by atoms with van der Waals surface area (Å²) in [4.78, 5) is 32.0. The van der Waals surface area contributed by atoms with Crippen LogP contribution in [0.1, 0.15) is 20.0 Å². The molecule has 2 aromatic heterocycles. The zero-order chi connectivity index (χ0) is 21.1. The van der Waals surface area contributed by atoms with E-state index in [0.717, 1.165) is 5.56 Å². The largest absolute Gasteiger partial charge is 0.462 e. The molecule has 0 aliphatic heterocycles. The Kier molecular flexibility index (Phi) is 5.45. The number of benzene rings is 2. The van der Waals surface area contributed by atoms with Crippen molar-refractivity contribution in [2.24, 2.45) is 0 Å². The van der Waals surface area contributed by atoms with E-state index in [2.05, 4.69) is 10.3 Å². The molecule has 0 aliphatic rings. The van der Waals surface area contributed by atoms with Gasteiger partial charge in [-0.2, -0.15) is 0 Å². The van der Waals surface area contributed by atoms with E-state index in [9.17, 15) is 9.59 Å². The van der Waals surface area contributed by atoms with Crippen LogP contribution in [-0.2, 0) is 0 Å². The van der Waals surface area contributed by atoms with E-state index >= 15 is 0 Å². The highest BCUT2D eigenvalue weighted by Crippen LogP contribution is 2.34. The number of hydrogen-bond donors (Lipinski definition) is 1. The summed E-state index contributed by atoms with van der Waals surface area (Å²) in [6, 6.07) is 20.0. The average Bonchev–Trinajstić information content (AvgIpc) is 3.44. The van der Waals surface area contributed by atoms with Gasteiger partial charge < -0.3 is 14.6 Å². The highest BCUT2D eigenvalue weighted by atomic mass is 32.1. The van der Waals surface area contributed by atoms with Gasteiger partial charge in [-0.1, -0.05) is 36.4 Å². The first kappa shape index (κ1) is 19.6. The second-order valence-electron chi connectivity index (χ2n) is 6.77. The quantitative estimate of drug-likeness (QED) is 0.494. The summed E-state index contributed by atoms with van der Waals surface area (Å²) in [5.74, 6) is 0.183. The van der Waals surface area contributed by atoms with Gasteiger partial charge in [0.15, 0.2) is 10.8 Å². The standard InChI is InChI=1S/C23H19N3O3S/c1-26(2)23(28)16-10-6-11-17(14-16)24-21(27)20-19(15-8-4-3-5-9-15)25-22(30-20)18-12-7-13-29-18/h3-14H,1-2H3,(H,24,27). The smallest absolute Gasteiger partial charge is 0.268 e. The van der Waals surface area contributed by atoms with Gasteiger partial charge >= 0.3 is 0 Å². The lowest BCUT2D eigenvalue weighted by Gasteiger charge is -2.11. The van der Waals surface area contributed by atoms with E-state index in [-0.39, 0.29) is 11.8 Å². The van der Waals surface area contributed by atoms with Gasteiger partial charge in [-0.15, -0.1) is 11.3 Å². The SMILES string of the molecule is CN(C)C(=O)c1cccc(NC(=O)c2sc(-c3ccco3)nc2-c2ccccc2)c1. The number of nitrogens with zero attached hydrogens (tertiary/aromatic N) is 2. The molecule has 2 heterocycles. The molecule has 2 amide bonds. The zero-order valence-corrected chi connectivity index (χ0v) is 17.3. The highest BCUT2D eigenvalue weighted by molar-refractivity contribution is 7.17. The Morgan fingerprint density at radius 3 is 2.50 bits per heavy atom. The van der Waals surface area contributed by atoms with Crippen molar-refractivity contribution in [1.29, 1.82) is 0 Å². The Labute approximate surface area is 177 Å². The molecule has 0 saturated heterocycles. The third-order valence-electron chi connectivity index (χ3n) is 4.39. The van der Waals surface area contributed by atoms with Gasteiger partial charge in [-0.25, -0.2) is 4.98 Å². The van der Waals surface area contributed by atoms with Crippen LogP contribution in [0.3, 0.4) is 0 Å². The number of thiazole rings is 1. The van der Waals surface area contributed by atoms with Gasteiger partial charge in [0.25, 0.3) is 11.8 Å². The normalized spacial score (nSPS) is 10.6. The monoisotopic (exact) mass is 417 g/mol. The summed E-state index contributed by atoms with van der Waals surface area (Å²) in [6.07, 6.45) is 1.58. The summed E-state index contributed by atoms with van der Waals surface area (Å²) in [7, 11) is 3.38. The van der Waals surface area contributed by atoms with Crippen molar-refractivity contribution < 1.29 is 14.0 Å². The molecule has 0 fully saturated rings. The predicted molar refractivity (Wildman–Crippen MR) is 118 cm³/mol. The van der Waals surface area contributed by atoms with Crippen LogP contribution in [-0.4, -0.2) is 35.8 Å². The number of anilines is 1. The number of aromatic nitrogens is 1. The molecule has 4 rings (SSSR count). The van der Waals surface area contributed by atoms with Crippen molar-refractivity contribution in [3.63, 3.8) is 0 Å². The Morgan fingerprint density at radius 2 is 1.80 bits per heavy atom. The van der Waals surface area contributed by atoms with Crippen LogP contribution in [0, 0.1) is 0 Å². The number of nitrogens with one attached hydrogen (secondary N) is 1. The molecule has 150 valence electrons. The second kappa shape index (κ2) is 8.34. The topological polar surface area (TPSA) is 75.4 Å². The molecule has 2 aromatic carbocycles. The van der Waals surface area contributed by atoms with Crippen molar-refractivity contribution >= 4 is 28.8 Å². The molecule has 0 unspecified atom stereocenters. The lowest BCUT2D eigenvalue weighted by Crippen LogP contribution is -2.21. The van der Waals surface area contributed by atoms with E-state index in [1.807, 2.05) is 36.4 Å². The number of carbonyl (C=O) groups excluding carboxylic acids is 2. The fourth-order valence-electron chi connectivity index (χ4n) is 2.95. The summed E-state index contributed by atoms with van der Waals surface area (Å²) in [5, 5.41) is 3.52. The summed E-state index contributed by atoms with van der Waals surface area (Å²) < 4.78 is 5.46. The number of carbonyl (C=O) groups is 2. The molecular formula is C23H19N3O3S.